The van der Waals surface area contributed by atoms with Crippen LogP contribution in [-0.2, 0) is 38.0 Å². The zero-order chi connectivity index (χ0) is 49.1. The zero-order valence-electron chi connectivity index (χ0n) is 39.5. The molecule has 0 aromatic heterocycles. The van der Waals surface area contributed by atoms with Crippen molar-refractivity contribution in [1.82, 2.24) is 0 Å². The Kier molecular flexibility index (Phi) is 14.0. The minimum atomic E-state index is -1.82. The smallest absolute Gasteiger partial charge is 0.335 e. The minimum Gasteiger partial charge on any atom is -0.479 e. The molecular formula is C48H76O19. The van der Waals surface area contributed by atoms with E-state index < -0.39 is 134 Å². The fourth-order valence-electron chi connectivity index (χ4n) is 15.8. The molecule has 382 valence electrons. The largest absolute Gasteiger partial charge is 0.479 e. The van der Waals surface area contributed by atoms with Gasteiger partial charge in [-0.15, -0.1) is 0 Å². The summed E-state index contributed by atoms with van der Waals surface area (Å²) in [5, 5.41) is 115. The summed E-state index contributed by atoms with van der Waals surface area (Å²) in [4.78, 5) is 26.8. The molecule has 0 amide bonds. The van der Waals surface area contributed by atoms with E-state index in [2.05, 4.69) is 41.2 Å². The molecule has 8 fully saturated rings. The molecule has 2 unspecified atom stereocenters. The Morgan fingerprint density at radius 2 is 1.24 bits per heavy atom. The minimum absolute atomic E-state index is 0.0118. The molecule has 11 N–H and O–H groups in total. The first kappa shape index (κ1) is 51.4. The number of esters is 1. The summed E-state index contributed by atoms with van der Waals surface area (Å²) in [5.74, 6) is -1.58. The molecule has 67 heavy (non-hydrogen) atoms. The Labute approximate surface area is 391 Å². The van der Waals surface area contributed by atoms with Crippen LogP contribution in [0.5, 0.6) is 0 Å². The van der Waals surface area contributed by atoms with Crippen LogP contribution in [0.4, 0.5) is 0 Å². The molecule has 19 nitrogen and oxygen atoms in total. The van der Waals surface area contributed by atoms with E-state index in [0.29, 0.717) is 31.6 Å². The number of aliphatic hydroxyl groups excluding tert-OH is 10. The number of carboxylic acids is 1. The van der Waals surface area contributed by atoms with Gasteiger partial charge in [-0.3, -0.25) is 4.79 Å². The molecule has 0 bridgehead atoms. The number of ether oxygens (including phenoxy) is 6. The number of fused-ring (bicyclic) bond motifs is 7. The van der Waals surface area contributed by atoms with Crippen LogP contribution >= 0.6 is 0 Å². The monoisotopic (exact) mass is 956 g/mol. The van der Waals surface area contributed by atoms with Gasteiger partial charge in [0.1, 0.15) is 67.1 Å². The number of aliphatic hydroxyl groups is 10. The molecule has 3 heterocycles. The number of rotatable bonds is 10. The second kappa shape index (κ2) is 18.3. The highest BCUT2D eigenvalue weighted by Crippen LogP contribution is 2.78. The number of allylic oxidation sites excluding steroid dienone is 1. The first-order valence-corrected chi connectivity index (χ1v) is 24.4. The van der Waals surface area contributed by atoms with E-state index in [-0.39, 0.29) is 39.9 Å². The average molecular weight is 957 g/mol. The van der Waals surface area contributed by atoms with Crippen LogP contribution in [0.1, 0.15) is 106 Å². The Bertz CT molecular complexity index is 1850. The second-order valence-corrected chi connectivity index (χ2v) is 23.0. The third kappa shape index (κ3) is 7.97. The summed E-state index contributed by atoms with van der Waals surface area (Å²) >= 11 is 0. The molecule has 0 radical (unpaired) electrons. The van der Waals surface area contributed by atoms with E-state index in [1.807, 2.05) is 6.92 Å². The van der Waals surface area contributed by atoms with Crippen molar-refractivity contribution in [3.63, 3.8) is 0 Å². The number of aliphatic carboxylic acids is 1. The van der Waals surface area contributed by atoms with Crippen molar-refractivity contribution in [1.29, 1.82) is 0 Å². The van der Waals surface area contributed by atoms with Gasteiger partial charge in [0.25, 0.3) is 0 Å². The molecular weight excluding hydrogens is 881 g/mol. The normalized spacial score (nSPS) is 53.9. The van der Waals surface area contributed by atoms with E-state index in [9.17, 15) is 65.8 Å². The van der Waals surface area contributed by atoms with Crippen molar-refractivity contribution in [2.45, 2.75) is 204 Å². The van der Waals surface area contributed by atoms with Crippen LogP contribution in [0.25, 0.3) is 0 Å². The fourth-order valence-corrected chi connectivity index (χ4v) is 15.8. The molecule has 19 heteroatoms. The van der Waals surface area contributed by atoms with E-state index in [1.165, 1.54) is 0 Å². The number of hydrogen-bond acceptors (Lipinski definition) is 18. The Hall–Kier alpha value is -1.92. The van der Waals surface area contributed by atoms with Crippen LogP contribution in [0.2, 0.25) is 0 Å². The molecule has 5 aliphatic carbocycles. The Morgan fingerprint density at radius 3 is 1.88 bits per heavy atom. The maximum absolute atomic E-state index is 15.0. The maximum atomic E-state index is 15.0. The summed E-state index contributed by atoms with van der Waals surface area (Å²) in [6, 6.07) is 0. The molecule has 8 aliphatic rings. The van der Waals surface area contributed by atoms with Crippen LogP contribution < -0.4 is 0 Å². The standard InChI is InChI=1S/C48H76O19/c1-20(2)21-10-15-48(43(61)67-41-36(57)32(53)30(51)24(64-41)19-62-40-35(56)31(52)29(50)23(18-49)63-40)17-16-46(6)22(28(21)48)8-9-26-45(5)13-12-27(44(3,4)25(45)11-14-47(26,46)7)65-42-37(58)33(54)34(55)38(66-42)39(59)60/h21-38,40-42,49-58H,1,8-19H2,2-7H3,(H,59,60)/t21-,22?,23+,24+,25?,26+,27-,28-,29+,30+,31-,32-,33-,34-,35+,36+,37+,38-,40+,41-,42+,45-,46+,47+,48-/m0/s1. The van der Waals surface area contributed by atoms with Gasteiger partial charge in [0.15, 0.2) is 18.7 Å². The van der Waals surface area contributed by atoms with Crippen molar-refractivity contribution in [3.8, 4) is 0 Å². The first-order valence-electron chi connectivity index (χ1n) is 24.4. The lowest BCUT2D eigenvalue weighted by molar-refractivity contribution is -0.329. The molecule has 0 aromatic rings. The fraction of sp³-hybridized carbons (Fsp3) is 0.917. The predicted molar refractivity (Wildman–Crippen MR) is 231 cm³/mol. The van der Waals surface area contributed by atoms with Gasteiger partial charge in [-0.05, 0) is 122 Å². The van der Waals surface area contributed by atoms with Gasteiger partial charge in [0.05, 0.1) is 24.7 Å². The molecule has 25 atom stereocenters. The summed E-state index contributed by atoms with van der Waals surface area (Å²) in [7, 11) is 0. The summed E-state index contributed by atoms with van der Waals surface area (Å²) in [6.07, 6.45) is -17.7. The maximum Gasteiger partial charge on any atom is 0.335 e. The van der Waals surface area contributed by atoms with Crippen molar-refractivity contribution >= 4 is 11.9 Å². The lowest BCUT2D eigenvalue weighted by Crippen LogP contribution is -2.68. The molecule has 0 spiro atoms. The number of carbonyl (C=O) groups is 2. The number of hydrogen-bond donors (Lipinski definition) is 11. The highest BCUT2D eigenvalue weighted by molar-refractivity contribution is 5.78. The Balaban J connectivity index is 0.994. The van der Waals surface area contributed by atoms with E-state index in [0.717, 1.165) is 44.1 Å². The van der Waals surface area contributed by atoms with Crippen molar-refractivity contribution < 1.29 is 94.2 Å². The highest BCUT2D eigenvalue weighted by atomic mass is 16.7. The van der Waals surface area contributed by atoms with Gasteiger partial charge in [-0.1, -0.05) is 46.8 Å². The SMILES string of the molecule is C=C(C)[C@@H]1CC[C@]2(C(=O)O[C@@H]3O[C@H](CO[C@@H]4O[C@H](CO)[C@@H](O)[C@H](O)[C@H]4O)[C@@H](O)[C@H](O)[C@H]3O)CC[C@]3(C)C(CC[C@@H]4[C@@]5(C)CC[C@H](O[C@@H]6O[C@H](C(=O)O)[C@@H](O)[C@H](O)[C@H]6O)C(C)(C)C5CC[C@]43C)[C@H]12. The van der Waals surface area contributed by atoms with Crippen molar-refractivity contribution in [3.05, 3.63) is 12.2 Å². The van der Waals surface area contributed by atoms with Crippen LogP contribution in [0.3, 0.4) is 0 Å². The lowest BCUT2D eigenvalue weighted by Gasteiger charge is -2.73. The van der Waals surface area contributed by atoms with E-state index >= 15 is 0 Å². The van der Waals surface area contributed by atoms with Gasteiger partial charge in [-0.25, -0.2) is 4.79 Å². The summed E-state index contributed by atoms with van der Waals surface area (Å²) < 4.78 is 35.1. The van der Waals surface area contributed by atoms with Gasteiger partial charge in [0.2, 0.25) is 6.29 Å². The van der Waals surface area contributed by atoms with Crippen LogP contribution in [0, 0.1) is 56.7 Å². The average Bonchev–Trinajstić information content (AvgIpc) is 3.68. The molecule has 3 aliphatic heterocycles. The third-order valence-corrected chi connectivity index (χ3v) is 19.7. The van der Waals surface area contributed by atoms with E-state index in [1.54, 1.807) is 0 Å². The summed E-state index contributed by atoms with van der Waals surface area (Å²) in [6.45, 7) is 16.7. The molecule has 0 aromatic carbocycles. The van der Waals surface area contributed by atoms with Gasteiger partial charge in [0, 0.05) is 0 Å². The van der Waals surface area contributed by atoms with Crippen LogP contribution in [0.15, 0.2) is 12.2 Å². The molecule has 5 saturated carbocycles. The van der Waals surface area contributed by atoms with Gasteiger partial charge < -0.3 is 84.6 Å². The summed E-state index contributed by atoms with van der Waals surface area (Å²) in [5.41, 5.74) is -0.902. The quantitative estimate of drug-likeness (QED) is 0.0785. The van der Waals surface area contributed by atoms with E-state index in [4.69, 9.17) is 28.4 Å². The Morgan fingerprint density at radius 1 is 0.627 bits per heavy atom. The number of carbonyl (C=O) groups excluding carboxylic acids is 1. The molecule has 8 rings (SSSR count). The number of carboxylic acid groups (broad SMARTS) is 1. The molecule has 3 saturated heterocycles. The predicted octanol–water partition coefficient (Wildman–Crippen LogP) is 0.0887. The topological polar surface area (TPSA) is 312 Å². The van der Waals surface area contributed by atoms with Crippen LogP contribution in [-0.4, -0.2) is 180 Å². The highest BCUT2D eigenvalue weighted by Gasteiger charge is 2.73. The zero-order valence-corrected chi connectivity index (χ0v) is 39.5. The van der Waals surface area contributed by atoms with Crippen molar-refractivity contribution in [2.24, 2.45) is 56.7 Å². The van der Waals surface area contributed by atoms with Crippen molar-refractivity contribution in [2.75, 3.05) is 13.2 Å². The third-order valence-electron chi connectivity index (χ3n) is 19.7. The van der Waals surface area contributed by atoms with Gasteiger partial charge >= 0.3 is 11.9 Å². The second-order valence-electron chi connectivity index (χ2n) is 23.0. The first-order chi connectivity index (χ1) is 31.3. The van der Waals surface area contributed by atoms with Gasteiger partial charge in [-0.2, -0.15) is 0 Å². The lowest BCUT2D eigenvalue weighted by atomic mass is 9.32.